The maximum atomic E-state index is 11.1. The predicted molar refractivity (Wildman–Crippen MR) is 95.8 cm³/mol. The molecular weight excluding hydrogens is 314 g/mol. The summed E-state index contributed by atoms with van der Waals surface area (Å²) in [6.45, 7) is 1.48. The van der Waals surface area contributed by atoms with Crippen molar-refractivity contribution in [3.8, 4) is 17.2 Å². The topological polar surface area (TPSA) is 94.5 Å². The number of benzene rings is 1. The van der Waals surface area contributed by atoms with Crippen LogP contribution >= 0.6 is 0 Å². The first-order valence-corrected chi connectivity index (χ1v) is 7.69. The van der Waals surface area contributed by atoms with Gasteiger partial charge in [0, 0.05) is 35.1 Å². The van der Waals surface area contributed by atoms with Gasteiger partial charge in [-0.3, -0.25) is 4.79 Å². The van der Waals surface area contributed by atoms with Crippen molar-refractivity contribution in [1.29, 1.82) is 5.26 Å². The zero-order valence-electron chi connectivity index (χ0n) is 13.4. The first-order valence-electron chi connectivity index (χ1n) is 7.69. The van der Waals surface area contributed by atoms with Crippen molar-refractivity contribution in [2.45, 2.75) is 6.92 Å². The molecule has 0 aliphatic heterocycles. The van der Waals surface area contributed by atoms with Gasteiger partial charge in [0.15, 0.2) is 0 Å². The Balaban J connectivity index is 1.81. The van der Waals surface area contributed by atoms with Crippen molar-refractivity contribution in [3.63, 3.8) is 0 Å². The van der Waals surface area contributed by atoms with E-state index >= 15 is 0 Å². The van der Waals surface area contributed by atoms with Gasteiger partial charge in [-0.2, -0.15) is 5.26 Å². The maximum absolute atomic E-state index is 11.1. The number of anilines is 1. The van der Waals surface area contributed by atoms with E-state index in [-0.39, 0.29) is 5.91 Å². The number of hydrogen-bond acceptors (Lipinski definition) is 4. The van der Waals surface area contributed by atoms with Crippen molar-refractivity contribution >= 4 is 33.5 Å². The Morgan fingerprint density at radius 2 is 1.88 bits per heavy atom. The molecule has 1 amide bonds. The molecule has 3 heterocycles. The molecule has 0 bridgehead atoms. The van der Waals surface area contributed by atoms with Gasteiger partial charge in [0.2, 0.25) is 5.91 Å². The van der Waals surface area contributed by atoms with E-state index in [0.717, 1.165) is 38.8 Å². The SMILES string of the molecule is CC(=O)Nc1ccc(-c2cnc3[nH]c4cnc(C#N)cc4c3c2)cc1. The summed E-state index contributed by atoms with van der Waals surface area (Å²) in [5, 5.41) is 13.7. The average molecular weight is 327 g/mol. The van der Waals surface area contributed by atoms with Crippen molar-refractivity contribution < 1.29 is 4.79 Å². The number of hydrogen-bond donors (Lipinski definition) is 2. The average Bonchev–Trinajstić information content (AvgIpc) is 2.98. The molecule has 6 heteroatoms. The summed E-state index contributed by atoms with van der Waals surface area (Å²) in [5.41, 5.74) is 4.68. The number of carbonyl (C=O) groups excluding carboxylic acids is 1. The van der Waals surface area contributed by atoms with Crippen LogP contribution in [-0.4, -0.2) is 20.9 Å². The number of H-pyrrole nitrogens is 1. The van der Waals surface area contributed by atoms with Crippen molar-refractivity contribution in [2.24, 2.45) is 0 Å². The number of nitrogens with zero attached hydrogens (tertiary/aromatic N) is 3. The third-order valence-corrected chi connectivity index (χ3v) is 3.99. The van der Waals surface area contributed by atoms with E-state index in [1.54, 1.807) is 18.5 Å². The van der Waals surface area contributed by atoms with Gasteiger partial charge in [-0.1, -0.05) is 12.1 Å². The molecular formula is C19H13N5O. The van der Waals surface area contributed by atoms with Gasteiger partial charge in [0.05, 0.1) is 11.7 Å². The summed E-state index contributed by atoms with van der Waals surface area (Å²) in [5.74, 6) is -0.100. The van der Waals surface area contributed by atoms with Crippen molar-refractivity contribution in [3.05, 3.63) is 54.5 Å². The van der Waals surface area contributed by atoms with Gasteiger partial charge in [-0.15, -0.1) is 0 Å². The molecule has 6 nitrogen and oxygen atoms in total. The van der Waals surface area contributed by atoms with Crippen LogP contribution in [0.3, 0.4) is 0 Å². The maximum Gasteiger partial charge on any atom is 0.221 e. The second-order valence-corrected chi connectivity index (χ2v) is 5.73. The van der Waals surface area contributed by atoms with Gasteiger partial charge < -0.3 is 10.3 Å². The molecule has 0 radical (unpaired) electrons. The fourth-order valence-corrected chi connectivity index (χ4v) is 2.84. The van der Waals surface area contributed by atoms with Gasteiger partial charge in [-0.25, -0.2) is 9.97 Å². The monoisotopic (exact) mass is 327 g/mol. The molecule has 0 aliphatic rings. The minimum Gasteiger partial charge on any atom is -0.338 e. The molecule has 4 aromatic rings. The zero-order chi connectivity index (χ0) is 17.4. The lowest BCUT2D eigenvalue weighted by atomic mass is 10.1. The highest BCUT2D eigenvalue weighted by Gasteiger charge is 2.09. The fraction of sp³-hybridized carbons (Fsp3) is 0.0526. The molecule has 0 unspecified atom stereocenters. The second-order valence-electron chi connectivity index (χ2n) is 5.73. The number of pyridine rings is 2. The first kappa shape index (κ1) is 14.8. The molecule has 1 aromatic carbocycles. The number of nitrogens with one attached hydrogen (secondary N) is 2. The van der Waals surface area contributed by atoms with E-state index in [4.69, 9.17) is 5.26 Å². The largest absolute Gasteiger partial charge is 0.338 e. The summed E-state index contributed by atoms with van der Waals surface area (Å²) < 4.78 is 0. The minimum atomic E-state index is -0.100. The lowest BCUT2D eigenvalue weighted by Crippen LogP contribution is -2.05. The molecule has 0 fully saturated rings. The fourth-order valence-electron chi connectivity index (χ4n) is 2.84. The number of carbonyl (C=O) groups is 1. The van der Waals surface area contributed by atoms with E-state index in [0.29, 0.717) is 5.69 Å². The third kappa shape index (κ3) is 2.68. The quantitative estimate of drug-likeness (QED) is 0.588. The number of amides is 1. The second kappa shape index (κ2) is 5.73. The van der Waals surface area contributed by atoms with Crippen LogP contribution in [0, 0.1) is 11.3 Å². The Labute approximate surface area is 143 Å². The van der Waals surface area contributed by atoms with Crippen LogP contribution in [0.2, 0.25) is 0 Å². The standard InChI is InChI=1S/C19H13N5O/c1-11(25)23-14-4-2-12(3-5-14)13-6-17-16-7-15(8-20)21-10-18(16)24-19(17)22-9-13/h2-7,9-10H,1H3,(H,22,24)(H,23,25). The van der Waals surface area contributed by atoms with E-state index in [9.17, 15) is 4.79 Å². The van der Waals surface area contributed by atoms with Crippen LogP contribution in [-0.2, 0) is 4.79 Å². The molecule has 0 saturated carbocycles. The van der Waals surface area contributed by atoms with Gasteiger partial charge in [-0.05, 0) is 29.8 Å². The molecule has 0 atom stereocenters. The van der Waals surface area contributed by atoms with Crippen LogP contribution in [0.5, 0.6) is 0 Å². The number of fused-ring (bicyclic) bond motifs is 3. The van der Waals surface area contributed by atoms with E-state index < -0.39 is 0 Å². The summed E-state index contributed by atoms with van der Waals surface area (Å²) in [4.78, 5) is 22.9. The highest BCUT2D eigenvalue weighted by Crippen LogP contribution is 2.29. The molecule has 2 N–H and O–H groups in total. The first-order chi connectivity index (χ1) is 12.1. The normalized spacial score (nSPS) is 10.7. The lowest BCUT2D eigenvalue weighted by molar-refractivity contribution is -0.114. The number of rotatable bonds is 2. The Kier molecular flexibility index (Phi) is 3.40. The number of nitriles is 1. The Hall–Kier alpha value is -3.72. The van der Waals surface area contributed by atoms with Gasteiger partial charge in [0.25, 0.3) is 0 Å². The summed E-state index contributed by atoms with van der Waals surface area (Å²) in [7, 11) is 0. The van der Waals surface area contributed by atoms with Crippen molar-refractivity contribution in [2.75, 3.05) is 5.32 Å². The number of aromatic nitrogens is 3. The lowest BCUT2D eigenvalue weighted by Gasteiger charge is -2.05. The predicted octanol–water partition coefficient (Wildman–Crippen LogP) is 3.61. The van der Waals surface area contributed by atoms with Crippen LogP contribution in [0.25, 0.3) is 33.1 Å². The van der Waals surface area contributed by atoms with Crippen LogP contribution in [0.15, 0.2) is 48.8 Å². The zero-order valence-corrected chi connectivity index (χ0v) is 13.4. The molecule has 4 rings (SSSR count). The van der Waals surface area contributed by atoms with Crippen LogP contribution in [0.4, 0.5) is 5.69 Å². The summed E-state index contributed by atoms with van der Waals surface area (Å²) in [6, 6.07) is 13.4. The summed E-state index contributed by atoms with van der Waals surface area (Å²) in [6.07, 6.45) is 3.45. The van der Waals surface area contributed by atoms with E-state index in [1.165, 1.54) is 6.92 Å². The summed E-state index contributed by atoms with van der Waals surface area (Å²) >= 11 is 0. The number of aromatic amines is 1. The Bertz CT molecular complexity index is 1150. The van der Waals surface area contributed by atoms with Crippen LogP contribution in [0.1, 0.15) is 12.6 Å². The van der Waals surface area contributed by atoms with E-state index in [2.05, 4.69) is 26.3 Å². The van der Waals surface area contributed by atoms with Gasteiger partial charge >= 0.3 is 0 Å². The van der Waals surface area contributed by atoms with E-state index in [1.807, 2.05) is 30.3 Å². The molecule has 25 heavy (non-hydrogen) atoms. The highest BCUT2D eigenvalue weighted by molar-refractivity contribution is 6.07. The molecule has 0 saturated heterocycles. The Morgan fingerprint density at radius 1 is 1.08 bits per heavy atom. The third-order valence-electron chi connectivity index (χ3n) is 3.99. The molecule has 120 valence electrons. The minimum absolute atomic E-state index is 0.100. The smallest absolute Gasteiger partial charge is 0.221 e. The highest BCUT2D eigenvalue weighted by atomic mass is 16.1. The molecule has 0 aliphatic carbocycles. The van der Waals surface area contributed by atoms with Gasteiger partial charge in [0.1, 0.15) is 17.4 Å². The molecule has 3 aromatic heterocycles. The van der Waals surface area contributed by atoms with Crippen molar-refractivity contribution in [1.82, 2.24) is 15.0 Å². The Morgan fingerprint density at radius 3 is 2.60 bits per heavy atom. The molecule has 0 spiro atoms. The van der Waals surface area contributed by atoms with Crippen LogP contribution < -0.4 is 5.32 Å².